The van der Waals surface area contributed by atoms with Gasteiger partial charge in [0, 0.05) is 0 Å². The molecule has 0 fully saturated rings. The summed E-state index contributed by atoms with van der Waals surface area (Å²) in [5.41, 5.74) is 2.38. The Labute approximate surface area is 165 Å². The first-order chi connectivity index (χ1) is 13.3. The Balaban J connectivity index is 2.11. The number of methoxy groups -OCH3 is 1. The summed E-state index contributed by atoms with van der Waals surface area (Å²) >= 11 is 0. The van der Waals surface area contributed by atoms with Crippen LogP contribution in [-0.4, -0.2) is 15.5 Å². The Morgan fingerprint density at radius 2 is 1.46 bits per heavy atom. The highest BCUT2D eigenvalue weighted by Crippen LogP contribution is 2.34. The number of anilines is 1. The van der Waals surface area contributed by atoms with Crippen molar-refractivity contribution < 1.29 is 17.5 Å². The number of ether oxygens (including phenoxy) is 1. The van der Waals surface area contributed by atoms with Crippen LogP contribution in [0.25, 0.3) is 0 Å². The van der Waals surface area contributed by atoms with Gasteiger partial charge in [-0.1, -0.05) is 29.8 Å². The number of hydrogen-bond acceptors (Lipinski definition) is 3. The second-order valence-electron chi connectivity index (χ2n) is 6.54. The topological polar surface area (TPSA) is 46.6 Å². The fourth-order valence-electron chi connectivity index (χ4n) is 3.00. The monoisotopic (exact) mass is 399 g/mol. The fraction of sp³-hybridized carbons (Fsp3) is 0.182. The maximum Gasteiger partial charge on any atom is 0.264 e. The minimum atomic E-state index is -3.91. The second kappa shape index (κ2) is 8.02. The van der Waals surface area contributed by atoms with Gasteiger partial charge in [0.05, 0.1) is 23.7 Å². The molecule has 146 valence electrons. The molecular weight excluding hydrogens is 377 g/mol. The molecule has 0 bridgehead atoms. The Kier molecular flexibility index (Phi) is 5.70. The van der Waals surface area contributed by atoms with Crippen LogP contribution < -0.4 is 9.04 Å². The van der Waals surface area contributed by atoms with Gasteiger partial charge in [-0.3, -0.25) is 4.31 Å². The molecule has 0 unspecified atom stereocenters. The van der Waals surface area contributed by atoms with Gasteiger partial charge < -0.3 is 4.74 Å². The molecule has 6 heteroatoms. The summed E-state index contributed by atoms with van der Waals surface area (Å²) in [5.74, 6) is 0.211. The lowest BCUT2D eigenvalue weighted by atomic mass is 10.1. The van der Waals surface area contributed by atoms with Crippen molar-refractivity contribution in [1.29, 1.82) is 0 Å². The molecule has 4 nitrogen and oxygen atoms in total. The van der Waals surface area contributed by atoms with Gasteiger partial charge in [0.1, 0.15) is 11.6 Å². The average molecular weight is 399 g/mol. The number of rotatable bonds is 6. The molecule has 0 amide bonds. The van der Waals surface area contributed by atoms with E-state index in [-0.39, 0.29) is 4.90 Å². The van der Waals surface area contributed by atoms with E-state index < -0.39 is 21.9 Å². The smallest absolute Gasteiger partial charge is 0.264 e. The molecule has 0 spiro atoms. The minimum absolute atomic E-state index is 0.0369. The third kappa shape index (κ3) is 4.02. The van der Waals surface area contributed by atoms with Gasteiger partial charge in [-0.25, -0.2) is 12.8 Å². The first-order valence-electron chi connectivity index (χ1n) is 8.83. The number of benzene rings is 3. The number of nitrogens with zero attached hydrogens (tertiary/aromatic N) is 1. The van der Waals surface area contributed by atoms with Crippen molar-refractivity contribution in [3.05, 3.63) is 89.7 Å². The van der Waals surface area contributed by atoms with Crippen LogP contribution in [0.3, 0.4) is 0 Å². The van der Waals surface area contributed by atoms with Crippen molar-refractivity contribution in [2.45, 2.75) is 24.8 Å². The first-order valence-corrected chi connectivity index (χ1v) is 10.3. The predicted octanol–water partition coefficient (Wildman–Crippen LogP) is 5.10. The number of halogens is 1. The molecule has 3 rings (SSSR count). The molecule has 1 atom stereocenters. The molecule has 3 aromatic carbocycles. The van der Waals surface area contributed by atoms with Gasteiger partial charge in [-0.2, -0.15) is 0 Å². The molecule has 0 saturated heterocycles. The van der Waals surface area contributed by atoms with Gasteiger partial charge in [0.25, 0.3) is 10.0 Å². The van der Waals surface area contributed by atoms with Crippen LogP contribution in [0.15, 0.2) is 77.7 Å². The Morgan fingerprint density at radius 1 is 0.893 bits per heavy atom. The Bertz CT molecular complexity index is 1030. The van der Waals surface area contributed by atoms with Gasteiger partial charge in [0.15, 0.2) is 0 Å². The van der Waals surface area contributed by atoms with E-state index >= 15 is 0 Å². The van der Waals surface area contributed by atoms with Gasteiger partial charge in [-0.15, -0.1) is 0 Å². The molecule has 3 aromatic rings. The van der Waals surface area contributed by atoms with E-state index in [0.29, 0.717) is 11.4 Å². The molecule has 0 radical (unpaired) electrons. The van der Waals surface area contributed by atoms with Gasteiger partial charge in [0.2, 0.25) is 0 Å². The molecule has 28 heavy (non-hydrogen) atoms. The van der Waals surface area contributed by atoms with Crippen LogP contribution >= 0.6 is 0 Å². The van der Waals surface area contributed by atoms with Crippen molar-refractivity contribution >= 4 is 15.7 Å². The number of sulfonamides is 1. The second-order valence-corrected chi connectivity index (χ2v) is 8.35. The average Bonchev–Trinajstić information content (AvgIpc) is 2.70. The van der Waals surface area contributed by atoms with Gasteiger partial charge in [-0.05, 0) is 67.9 Å². The van der Waals surface area contributed by atoms with Crippen LogP contribution in [0.2, 0.25) is 0 Å². The molecule has 0 aliphatic carbocycles. The van der Waals surface area contributed by atoms with Crippen molar-refractivity contribution in [1.82, 2.24) is 0 Å². The molecular formula is C22H22FNO3S. The van der Waals surface area contributed by atoms with E-state index in [9.17, 15) is 12.8 Å². The molecule has 0 aliphatic heterocycles. The predicted molar refractivity (Wildman–Crippen MR) is 109 cm³/mol. The van der Waals surface area contributed by atoms with Crippen molar-refractivity contribution in [2.24, 2.45) is 0 Å². The molecule has 0 aromatic heterocycles. The molecule has 0 N–H and O–H groups in total. The highest BCUT2D eigenvalue weighted by molar-refractivity contribution is 7.92. The lowest BCUT2D eigenvalue weighted by Crippen LogP contribution is -2.33. The van der Waals surface area contributed by atoms with E-state index in [4.69, 9.17) is 4.74 Å². The third-order valence-electron chi connectivity index (χ3n) is 4.61. The maximum atomic E-state index is 13.4. The Morgan fingerprint density at radius 3 is 2.00 bits per heavy atom. The molecule has 0 aliphatic rings. The highest BCUT2D eigenvalue weighted by atomic mass is 32.2. The van der Waals surface area contributed by atoms with Crippen LogP contribution in [0.5, 0.6) is 5.75 Å². The molecule has 0 saturated carbocycles. The maximum absolute atomic E-state index is 13.4. The minimum Gasteiger partial charge on any atom is -0.497 e. The van der Waals surface area contributed by atoms with Crippen LogP contribution in [-0.2, 0) is 10.0 Å². The van der Waals surface area contributed by atoms with Gasteiger partial charge >= 0.3 is 0 Å². The zero-order chi connectivity index (χ0) is 20.3. The molecule has 0 heterocycles. The summed E-state index contributed by atoms with van der Waals surface area (Å²) in [5, 5.41) is 0. The summed E-state index contributed by atoms with van der Waals surface area (Å²) in [4.78, 5) is 0.0369. The van der Waals surface area contributed by atoms with Crippen molar-refractivity contribution in [2.75, 3.05) is 11.4 Å². The number of hydrogen-bond donors (Lipinski definition) is 0. The SMILES string of the molecule is COc1ccc([C@@H](C)N(c2ccc(C)cc2)S(=O)(=O)c2ccc(F)cc2)cc1. The summed E-state index contributed by atoms with van der Waals surface area (Å²) in [6.45, 7) is 3.76. The summed E-state index contributed by atoms with van der Waals surface area (Å²) in [7, 11) is -2.33. The van der Waals surface area contributed by atoms with Crippen LogP contribution in [0.1, 0.15) is 24.1 Å². The fourth-order valence-corrected chi connectivity index (χ4v) is 4.64. The standard InChI is InChI=1S/C22H22FNO3S/c1-16-4-10-20(11-5-16)24(17(2)18-6-12-21(27-3)13-7-18)28(25,26)22-14-8-19(23)9-15-22/h4-15,17H,1-3H3/t17-/m1/s1. The lowest BCUT2D eigenvalue weighted by Gasteiger charge is -2.31. The lowest BCUT2D eigenvalue weighted by molar-refractivity contribution is 0.414. The summed E-state index contributed by atoms with van der Waals surface area (Å²) in [6, 6.07) is 18.9. The normalized spacial score (nSPS) is 12.4. The zero-order valence-electron chi connectivity index (χ0n) is 16.0. The highest BCUT2D eigenvalue weighted by Gasteiger charge is 2.30. The van der Waals surface area contributed by atoms with E-state index in [1.807, 2.05) is 38.1 Å². The van der Waals surface area contributed by atoms with Crippen molar-refractivity contribution in [3.8, 4) is 5.75 Å². The Hall–Kier alpha value is -2.86. The van der Waals surface area contributed by atoms with E-state index in [1.165, 1.54) is 16.4 Å². The largest absolute Gasteiger partial charge is 0.497 e. The van der Waals surface area contributed by atoms with E-state index in [1.54, 1.807) is 31.4 Å². The first kappa shape index (κ1) is 19.9. The quantitative estimate of drug-likeness (QED) is 0.579. The summed E-state index contributed by atoms with van der Waals surface area (Å²) in [6.07, 6.45) is 0. The van der Waals surface area contributed by atoms with E-state index in [2.05, 4.69) is 0 Å². The summed E-state index contributed by atoms with van der Waals surface area (Å²) < 4.78 is 46.8. The van der Waals surface area contributed by atoms with E-state index in [0.717, 1.165) is 23.3 Å². The van der Waals surface area contributed by atoms with Crippen LogP contribution in [0.4, 0.5) is 10.1 Å². The number of aryl methyl sites for hydroxylation is 1. The zero-order valence-corrected chi connectivity index (χ0v) is 16.8. The van der Waals surface area contributed by atoms with Crippen molar-refractivity contribution in [3.63, 3.8) is 0 Å². The van der Waals surface area contributed by atoms with Crippen LogP contribution in [0, 0.1) is 12.7 Å². The third-order valence-corrected chi connectivity index (χ3v) is 6.52.